The topological polar surface area (TPSA) is 141 Å². The zero-order valence-electron chi connectivity index (χ0n) is 23.4. The van der Waals surface area contributed by atoms with Crippen LogP contribution in [0.15, 0.2) is 36.8 Å². The SMILES string of the molecule is CN(C)CCCN(C)C(=O)c1cc(N(C)C(=O)c2cc(N(C)C(=O)c3cc(NC(=O)C4CC4)c[nH]3)c[nH]2)c[nH]1.Cl. The number of nitrogens with zero attached hydrogens (tertiary/aromatic N) is 4. The van der Waals surface area contributed by atoms with Gasteiger partial charge >= 0.3 is 0 Å². The molecule has 3 aromatic heterocycles. The van der Waals surface area contributed by atoms with E-state index >= 15 is 0 Å². The van der Waals surface area contributed by atoms with Gasteiger partial charge in [-0.2, -0.15) is 0 Å². The van der Waals surface area contributed by atoms with Crippen LogP contribution in [0.2, 0.25) is 0 Å². The van der Waals surface area contributed by atoms with Crippen molar-refractivity contribution in [3.05, 3.63) is 53.9 Å². The third kappa shape index (κ3) is 7.13. The fraction of sp³-hybridized carbons (Fsp3) is 0.407. The van der Waals surface area contributed by atoms with Gasteiger partial charge in [-0.05, 0) is 58.1 Å². The Morgan fingerprint density at radius 1 is 0.750 bits per heavy atom. The first-order valence-electron chi connectivity index (χ1n) is 12.9. The first kappa shape index (κ1) is 30.5. The maximum Gasteiger partial charge on any atom is 0.274 e. The van der Waals surface area contributed by atoms with E-state index in [2.05, 4.69) is 25.2 Å². The molecule has 13 heteroatoms. The molecule has 3 aromatic rings. The Balaban J connectivity index is 0.00000441. The van der Waals surface area contributed by atoms with Gasteiger partial charge < -0.3 is 39.9 Å². The lowest BCUT2D eigenvalue weighted by molar-refractivity contribution is -0.117. The molecule has 40 heavy (non-hydrogen) atoms. The average Bonchev–Trinajstić information content (AvgIpc) is 3.28. The van der Waals surface area contributed by atoms with Crippen LogP contribution >= 0.6 is 12.4 Å². The molecule has 0 saturated heterocycles. The van der Waals surface area contributed by atoms with Crippen LogP contribution < -0.4 is 15.1 Å². The van der Waals surface area contributed by atoms with Gasteiger partial charge in [-0.15, -0.1) is 12.4 Å². The molecule has 4 N–H and O–H groups in total. The van der Waals surface area contributed by atoms with Crippen LogP contribution in [0.3, 0.4) is 0 Å². The van der Waals surface area contributed by atoms with E-state index < -0.39 is 0 Å². The number of anilines is 3. The molecule has 1 saturated carbocycles. The number of rotatable bonds is 11. The number of halogens is 1. The first-order chi connectivity index (χ1) is 18.5. The number of amides is 4. The number of hydrogen-bond donors (Lipinski definition) is 4. The lowest BCUT2D eigenvalue weighted by Crippen LogP contribution is -2.30. The van der Waals surface area contributed by atoms with Crippen LogP contribution in [0.5, 0.6) is 0 Å². The van der Waals surface area contributed by atoms with Crippen molar-refractivity contribution in [3.63, 3.8) is 0 Å². The summed E-state index contributed by atoms with van der Waals surface area (Å²) < 4.78 is 0. The summed E-state index contributed by atoms with van der Waals surface area (Å²) in [7, 11) is 8.96. The number of nitrogens with one attached hydrogen (secondary N) is 4. The number of aromatic amines is 3. The third-order valence-corrected chi connectivity index (χ3v) is 6.75. The van der Waals surface area contributed by atoms with Gasteiger partial charge in [0.05, 0.1) is 17.1 Å². The van der Waals surface area contributed by atoms with E-state index in [0.29, 0.717) is 35.0 Å². The van der Waals surface area contributed by atoms with Gasteiger partial charge in [0, 0.05) is 52.2 Å². The second-order valence-electron chi connectivity index (χ2n) is 10.2. The Labute approximate surface area is 239 Å². The highest BCUT2D eigenvalue weighted by Crippen LogP contribution is 2.30. The molecule has 1 aliphatic rings. The highest BCUT2D eigenvalue weighted by molar-refractivity contribution is 6.08. The zero-order valence-corrected chi connectivity index (χ0v) is 24.2. The molecule has 0 aliphatic heterocycles. The normalized spacial score (nSPS) is 12.6. The molecule has 0 bridgehead atoms. The Hall–Kier alpha value is -4.03. The van der Waals surface area contributed by atoms with E-state index in [-0.39, 0.29) is 47.6 Å². The molecule has 0 aromatic carbocycles. The van der Waals surface area contributed by atoms with E-state index in [1.165, 1.54) is 9.80 Å². The number of hydrogen-bond acceptors (Lipinski definition) is 5. The van der Waals surface area contributed by atoms with Gasteiger partial charge in [0.15, 0.2) is 0 Å². The average molecular weight is 573 g/mol. The molecular weight excluding hydrogens is 536 g/mol. The minimum atomic E-state index is -0.329. The second-order valence-corrected chi connectivity index (χ2v) is 10.2. The predicted molar refractivity (Wildman–Crippen MR) is 157 cm³/mol. The fourth-order valence-corrected chi connectivity index (χ4v) is 4.11. The summed E-state index contributed by atoms with van der Waals surface area (Å²) in [5.41, 5.74) is 2.57. The number of aromatic nitrogens is 3. The minimum absolute atomic E-state index is 0. The molecule has 1 fully saturated rings. The smallest absolute Gasteiger partial charge is 0.274 e. The van der Waals surface area contributed by atoms with Gasteiger partial charge in [0.1, 0.15) is 17.1 Å². The number of carbonyl (C=O) groups is 4. The summed E-state index contributed by atoms with van der Waals surface area (Å²) >= 11 is 0. The van der Waals surface area contributed by atoms with E-state index in [1.54, 1.807) is 62.8 Å². The Morgan fingerprint density at radius 2 is 1.25 bits per heavy atom. The Bertz CT molecular complexity index is 1360. The van der Waals surface area contributed by atoms with Crippen LogP contribution in [-0.2, 0) is 4.79 Å². The fourth-order valence-electron chi connectivity index (χ4n) is 4.11. The van der Waals surface area contributed by atoms with Crippen molar-refractivity contribution in [2.75, 3.05) is 63.4 Å². The number of carbonyl (C=O) groups excluding carboxylic acids is 4. The van der Waals surface area contributed by atoms with Crippen LogP contribution in [0.1, 0.15) is 50.7 Å². The minimum Gasteiger partial charge on any atom is -0.355 e. The quantitative estimate of drug-likeness (QED) is 0.279. The van der Waals surface area contributed by atoms with Crippen molar-refractivity contribution >= 4 is 53.1 Å². The van der Waals surface area contributed by atoms with Crippen molar-refractivity contribution in [2.45, 2.75) is 19.3 Å². The van der Waals surface area contributed by atoms with Gasteiger partial charge in [0.2, 0.25) is 5.91 Å². The summed E-state index contributed by atoms with van der Waals surface area (Å²) in [5, 5.41) is 2.81. The molecule has 0 atom stereocenters. The van der Waals surface area contributed by atoms with E-state index in [4.69, 9.17) is 0 Å². The van der Waals surface area contributed by atoms with E-state index in [0.717, 1.165) is 25.8 Å². The standard InChI is InChI=1S/C27H36N8O4.ClH/c1-32(2)9-6-10-33(3)25(37)22-12-19(15-29-22)35(5)27(39)23-13-20(16-30-23)34(4)26(38)21-11-18(14-28-21)31-24(36)17-7-8-17;/h11-17,28-30H,6-10H2,1-5H3,(H,31,36);1H. The maximum absolute atomic E-state index is 13.1. The van der Waals surface area contributed by atoms with Gasteiger partial charge in [-0.1, -0.05) is 0 Å². The molecule has 0 unspecified atom stereocenters. The van der Waals surface area contributed by atoms with Gasteiger partial charge in [0.25, 0.3) is 17.7 Å². The lowest BCUT2D eigenvalue weighted by atomic mass is 10.3. The maximum atomic E-state index is 13.1. The largest absolute Gasteiger partial charge is 0.355 e. The van der Waals surface area contributed by atoms with Crippen molar-refractivity contribution in [1.29, 1.82) is 0 Å². The van der Waals surface area contributed by atoms with Gasteiger partial charge in [-0.25, -0.2) is 0 Å². The van der Waals surface area contributed by atoms with Crippen LogP contribution in [0.4, 0.5) is 17.1 Å². The monoisotopic (exact) mass is 572 g/mol. The van der Waals surface area contributed by atoms with Crippen molar-refractivity contribution in [2.24, 2.45) is 5.92 Å². The van der Waals surface area contributed by atoms with Crippen molar-refractivity contribution in [1.82, 2.24) is 24.8 Å². The first-order valence-corrected chi connectivity index (χ1v) is 12.9. The van der Waals surface area contributed by atoms with E-state index in [1.807, 2.05) is 14.1 Å². The zero-order chi connectivity index (χ0) is 28.3. The highest BCUT2D eigenvalue weighted by Gasteiger charge is 2.30. The van der Waals surface area contributed by atoms with Crippen LogP contribution in [0, 0.1) is 5.92 Å². The Morgan fingerprint density at radius 3 is 1.77 bits per heavy atom. The molecule has 216 valence electrons. The van der Waals surface area contributed by atoms with Crippen LogP contribution in [-0.4, -0.2) is 96.7 Å². The van der Waals surface area contributed by atoms with Crippen LogP contribution in [0.25, 0.3) is 0 Å². The van der Waals surface area contributed by atoms with Gasteiger partial charge in [-0.3, -0.25) is 19.2 Å². The third-order valence-electron chi connectivity index (χ3n) is 6.75. The summed E-state index contributed by atoms with van der Waals surface area (Å²) in [6, 6.07) is 4.83. The summed E-state index contributed by atoms with van der Waals surface area (Å²) in [5.74, 6) is -0.775. The molecule has 0 radical (unpaired) electrons. The molecule has 4 amide bonds. The Kier molecular flexibility index (Phi) is 9.83. The molecule has 12 nitrogen and oxygen atoms in total. The number of H-pyrrole nitrogens is 3. The summed E-state index contributed by atoms with van der Waals surface area (Å²) in [4.78, 5) is 66.2. The van der Waals surface area contributed by atoms with E-state index in [9.17, 15) is 19.2 Å². The second kappa shape index (κ2) is 12.9. The molecular formula is C27H37ClN8O4. The molecule has 4 rings (SSSR count). The lowest BCUT2D eigenvalue weighted by Gasteiger charge is -2.18. The van der Waals surface area contributed by atoms with Crippen molar-refractivity contribution in [3.8, 4) is 0 Å². The summed E-state index contributed by atoms with van der Waals surface area (Å²) in [6.45, 7) is 1.50. The molecule has 3 heterocycles. The summed E-state index contributed by atoms with van der Waals surface area (Å²) in [6.07, 6.45) is 7.42. The predicted octanol–water partition coefficient (Wildman–Crippen LogP) is 3.02. The molecule has 1 aliphatic carbocycles. The van der Waals surface area contributed by atoms with Crippen molar-refractivity contribution < 1.29 is 19.2 Å². The molecule has 0 spiro atoms. The highest BCUT2D eigenvalue weighted by atomic mass is 35.5.